The summed E-state index contributed by atoms with van der Waals surface area (Å²) in [4.78, 5) is 0. The van der Waals surface area contributed by atoms with E-state index in [9.17, 15) is 0 Å². The minimum Gasteiger partial charge on any atom is -0.167 e. The summed E-state index contributed by atoms with van der Waals surface area (Å²) >= 11 is 0. The summed E-state index contributed by atoms with van der Waals surface area (Å²) in [5.41, 5.74) is 5.26. The molecule has 0 unspecified atom stereocenters. The van der Waals surface area contributed by atoms with Gasteiger partial charge in [0.1, 0.15) is 0 Å². The maximum absolute atomic E-state index is 2.22. The Hall–Kier alpha value is -1.37. The van der Waals surface area contributed by atoms with Crippen molar-refractivity contribution in [2.75, 3.05) is 0 Å². The molecule has 13 heavy (non-hydrogen) atoms. The summed E-state index contributed by atoms with van der Waals surface area (Å²) in [6.07, 6.45) is 4.28. The highest BCUT2D eigenvalue weighted by Gasteiger charge is 2.04. The molecule has 0 radical (unpaired) electrons. The lowest BCUT2D eigenvalue weighted by atomic mass is 10.1. The number of hydrogen-bond acceptors (Lipinski definition) is 0. The second-order valence-electron chi connectivity index (χ2n) is 3.68. The van der Waals surface area contributed by atoms with Crippen LogP contribution in [0.25, 0.3) is 5.52 Å². The average molecular weight is 172 g/mol. The average Bonchev–Trinajstić information content (AvgIpc) is 2.08. The van der Waals surface area contributed by atoms with E-state index in [2.05, 4.69) is 55.8 Å². The van der Waals surface area contributed by atoms with Crippen molar-refractivity contribution in [2.45, 2.75) is 20.8 Å². The Bertz CT molecular complexity index is 458. The van der Waals surface area contributed by atoms with E-state index in [1.807, 2.05) is 0 Å². The molecule has 1 heteroatoms. The van der Waals surface area contributed by atoms with E-state index in [1.165, 1.54) is 22.2 Å². The van der Waals surface area contributed by atoms with E-state index < -0.39 is 0 Å². The predicted molar refractivity (Wildman–Crippen MR) is 53.8 cm³/mol. The molecule has 2 aromatic heterocycles. The molecule has 0 saturated carbocycles. The molecular formula is C12H14N+. The van der Waals surface area contributed by atoms with Gasteiger partial charge in [0.25, 0.3) is 0 Å². The van der Waals surface area contributed by atoms with Crippen molar-refractivity contribution in [3.63, 3.8) is 0 Å². The molecule has 0 aliphatic carbocycles. The van der Waals surface area contributed by atoms with Crippen molar-refractivity contribution < 1.29 is 4.40 Å². The molecule has 66 valence electrons. The summed E-state index contributed by atoms with van der Waals surface area (Å²) in [5, 5.41) is 0. The third kappa shape index (κ3) is 1.42. The van der Waals surface area contributed by atoms with Crippen LogP contribution < -0.4 is 4.40 Å². The summed E-state index contributed by atoms with van der Waals surface area (Å²) in [6.45, 7) is 6.41. The SMILES string of the molecule is Cc1cc[n+]2cc(C)c(C)cc2c1. The Kier molecular flexibility index (Phi) is 1.80. The lowest BCUT2D eigenvalue weighted by Gasteiger charge is -1.98. The molecule has 2 aromatic rings. The number of nitrogens with zero attached hydrogens (tertiary/aromatic N) is 1. The van der Waals surface area contributed by atoms with Gasteiger partial charge in [-0.25, -0.2) is 0 Å². The van der Waals surface area contributed by atoms with Crippen LogP contribution in [-0.4, -0.2) is 0 Å². The van der Waals surface area contributed by atoms with Crippen LogP contribution >= 0.6 is 0 Å². The van der Waals surface area contributed by atoms with Crippen LogP contribution in [-0.2, 0) is 0 Å². The summed E-state index contributed by atoms with van der Waals surface area (Å²) in [6, 6.07) is 6.55. The summed E-state index contributed by atoms with van der Waals surface area (Å²) in [5.74, 6) is 0. The molecule has 0 saturated heterocycles. The Balaban J connectivity index is 2.81. The Morgan fingerprint density at radius 2 is 1.77 bits per heavy atom. The normalized spacial score (nSPS) is 10.7. The second kappa shape index (κ2) is 2.84. The molecule has 0 spiro atoms. The molecule has 0 aromatic carbocycles. The van der Waals surface area contributed by atoms with Crippen LogP contribution in [0.1, 0.15) is 16.7 Å². The van der Waals surface area contributed by atoms with Gasteiger partial charge in [-0.1, -0.05) is 0 Å². The van der Waals surface area contributed by atoms with Gasteiger partial charge >= 0.3 is 0 Å². The molecule has 0 aliphatic rings. The lowest BCUT2D eigenvalue weighted by molar-refractivity contribution is -0.512. The van der Waals surface area contributed by atoms with Crippen LogP contribution in [0.3, 0.4) is 0 Å². The fourth-order valence-corrected chi connectivity index (χ4v) is 1.52. The number of aryl methyl sites for hydroxylation is 3. The topological polar surface area (TPSA) is 4.10 Å². The zero-order chi connectivity index (χ0) is 9.42. The van der Waals surface area contributed by atoms with Crippen molar-refractivity contribution in [3.05, 3.63) is 47.3 Å². The minimum absolute atomic E-state index is 1.27. The fourth-order valence-electron chi connectivity index (χ4n) is 1.52. The lowest BCUT2D eigenvalue weighted by Crippen LogP contribution is -2.21. The molecule has 0 N–H and O–H groups in total. The van der Waals surface area contributed by atoms with Gasteiger partial charge in [0.2, 0.25) is 5.52 Å². The van der Waals surface area contributed by atoms with E-state index in [1.54, 1.807) is 0 Å². The molecule has 1 nitrogen and oxygen atoms in total. The number of pyridine rings is 2. The number of fused-ring (bicyclic) bond motifs is 1. The third-order valence-corrected chi connectivity index (χ3v) is 2.49. The van der Waals surface area contributed by atoms with Gasteiger partial charge in [0.05, 0.1) is 0 Å². The Morgan fingerprint density at radius 1 is 1.00 bits per heavy atom. The van der Waals surface area contributed by atoms with Crippen LogP contribution in [0, 0.1) is 20.8 Å². The standard InChI is InChI=1S/C12H14N/c1-9-4-5-13-8-11(3)10(2)7-12(13)6-9/h4-8H,1-3H3/q+1. The smallest absolute Gasteiger partial charge is 0.167 e. The van der Waals surface area contributed by atoms with Gasteiger partial charge in [-0.2, -0.15) is 4.40 Å². The Morgan fingerprint density at radius 3 is 2.54 bits per heavy atom. The van der Waals surface area contributed by atoms with Gasteiger partial charge in [-0.05, 0) is 31.9 Å². The quantitative estimate of drug-likeness (QED) is 0.537. The van der Waals surface area contributed by atoms with Crippen molar-refractivity contribution >= 4 is 5.52 Å². The first-order valence-corrected chi connectivity index (χ1v) is 4.56. The highest BCUT2D eigenvalue weighted by molar-refractivity contribution is 5.44. The molecule has 0 atom stereocenters. The fraction of sp³-hybridized carbons (Fsp3) is 0.250. The van der Waals surface area contributed by atoms with Gasteiger partial charge < -0.3 is 0 Å². The van der Waals surface area contributed by atoms with Gasteiger partial charge in [-0.15, -0.1) is 0 Å². The predicted octanol–water partition coefficient (Wildman–Crippen LogP) is 2.35. The number of rotatable bonds is 0. The van der Waals surface area contributed by atoms with E-state index in [-0.39, 0.29) is 0 Å². The van der Waals surface area contributed by atoms with Crippen molar-refractivity contribution in [1.29, 1.82) is 0 Å². The molecule has 2 heterocycles. The van der Waals surface area contributed by atoms with Crippen LogP contribution in [0.2, 0.25) is 0 Å². The van der Waals surface area contributed by atoms with E-state index in [4.69, 9.17) is 0 Å². The van der Waals surface area contributed by atoms with Crippen LogP contribution in [0.5, 0.6) is 0 Å². The monoisotopic (exact) mass is 172 g/mol. The van der Waals surface area contributed by atoms with Crippen molar-refractivity contribution in [3.8, 4) is 0 Å². The maximum Gasteiger partial charge on any atom is 0.211 e. The highest BCUT2D eigenvalue weighted by atomic mass is 14.8. The minimum atomic E-state index is 1.27. The summed E-state index contributed by atoms with van der Waals surface area (Å²) < 4.78 is 2.16. The molecule has 2 rings (SSSR count). The maximum atomic E-state index is 2.22. The first-order chi connectivity index (χ1) is 6.16. The van der Waals surface area contributed by atoms with Crippen molar-refractivity contribution in [2.24, 2.45) is 0 Å². The second-order valence-corrected chi connectivity index (χ2v) is 3.68. The first kappa shape index (κ1) is 8.24. The number of hydrogen-bond donors (Lipinski definition) is 0. The molecule has 0 fully saturated rings. The largest absolute Gasteiger partial charge is 0.211 e. The van der Waals surface area contributed by atoms with E-state index in [0.29, 0.717) is 0 Å². The zero-order valence-electron chi connectivity index (χ0n) is 8.33. The van der Waals surface area contributed by atoms with E-state index >= 15 is 0 Å². The summed E-state index contributed by atoms with van der Waals surface area (Å²) in [7, 11) is 0. The van der Waals surface area contributed by atoms with E-state index in [0.717, 1.165) is 0 Å². The van der Waals surface area contributed by atoms with Gasteiger partial charge in [0.15, 0.2) is 12.4 Å². The van der Waals surface area contributed by atoms with Crippen LogP contribution in [0.4, 0.5) is 0 Å². The molecule has 0 amide bonds. The van der Waals surface area contributed by atoms with Gasteiger partial charge in [-0.3, -0.25) is 0 Å². The number of aromatic nitrogens is 1. The third-order valence-electron chi connectivity index (χ3n) is 2.49. The highest BCUT2D eigenvalue weighted by Crippen LogP contribution is 2.07. The first-order valence-electron chi connectivity index (χ1n) is 4.56. The molecular weight excluding hydrogens is 158 g/mol. The molecule has 0 bridgehead atoms. The van der Waals surface area contributed by atoms with Crippen LogP contribution in [0.15, 0.2) is 30.6 Å². The van der Waals surface area contributed by atoms with Gasteiger partial charge in [0, 0.05) is 23.8 Å². The zero-order valence-corrected chi connectivity index (χ0v) is 8.33. The Labute approximate surface area is 78.7 Å². The van der Waals surface area contributed by atoms with Crippen molar-refractivity contribution in [1.82, 2.24) is 0 Å². The molecule has 0 aliphatic heterocycles.